The highest BCUT2D eigenvalue weighted by Gasteiger charge is 2.70. The Hall–Kier alpha value is -2.45. The molecular weight excluding hydrogens is 657 g/mol. The van der Waals surface area contributed by atoms with E-state index in [1.807, 2.05) is 12.1 Å². The van der Waals surface area contributed by atoms with E-state index in [0.29, 0.717) is 54.7 Å². The van der Waals surface area contributed by atoms with Gasteiger partial charge in [0.1, 0.15) is 0 Å². The number of fused-ring (bicyclic) bond motifs is 7. The summed E-state index contributed by atoms with van der Waals surface area (Å²) in [7, 11) is -3.35. The maximum Gasteiger partial charge on any atom is 0.335 e. The molecule has 9 atom stereocenters. The summed E-state index contributed by atoms with van der Waals surface area (Å²) in [5.74, 6) is 1.73. The van der Waals surface area contributed by atoms with Gasteiger partial charge in [-0.05, 0) is 157 Å². The Bertz CT molecular complexity index is 1730. The number of amides is 1. The molecule has 0 bridgehead atoms. The van der Waals surface area contributed by atoms with Crippen LogP contribution in [-0.4, -0.2) is 55.1 Å². The fourth-order valence-electron chi connectivity index (χ4n) is 14.0. The molecule has 0 aromatic heterocycles. The quantitative estimate of drug-likeness (QED) is 0.275. The van der Waals surface area contributed by atoms with Gasteiger partial charge >= 0.3 is 5.97 Å². The molecule has 5 fully saturated rings. The number of allylic oxidation sites excluding steroid dienone is 3. The zero-order valence-electron chi connectivity index (χ0n) is 32.0. The number of benzene rings is 1. The standard InChI is InChI=1S/C43H62N2O5S/c1-28(2)31-16-21-43(27-44-36(46)26-45-24-8-9-25-51(45,49)50)23-22-41(6)33(37(31)43)14-15-35-40(5)19-17-32(29-10-12-30(13-11-29)38(47)48)39(3,4)34(40)18-20-42(35,41)7/h10-13,17,31,33-35,37H,1,8-9,14-16,18-27H2,2-7H3,(H,44,46)(H,47,48). The monoisotopic (exact) mass is 718 g/mol. The summed E-state index contributed by atoms with van der Waals surface area (Å²) in [5, 5.41) is 12.8. The lowest BCUT2D eigenvalue weighted by Crippen LogP contribution is -2.66. The second-order valence-corrected chi connectivity index (χ2v) is 21.2. The van der Waals surface area contributed by atoms with Crippen molar-refractivity contribution in [3.63, 3.8) is 0 Å². The number of carboxylic acids is 1. The summed E-state index contributed by atoms with van der Waals surface area (Å²) in [6, 6.07) is 7.50. The highest BCUT2D eigenvalue weighted by Crippen LogP contribution is 2.77. The van der Waals surface area contributed by atoms with Crippen LogP contribution in [0.1, 0.15) is 128 Å². The van der Waals surface area contributed by atoms with Crippen LogP contribution in [0, 0.1) is 56.7 Å². The maximum atomic E-state index is 13.3. The van der Waals surface area contributed by atoms with Crippen molar-refractivity contribution in [2.24, 2.45) is 56.7 Å². The third kappa shape index (κ3) is 5.62. The Balaban J connectivity index is 1.15. The number of hydrogen-bond donors (Lipinski definition) is 2. The van der Waals surface area contributed by atoms with Crippen LogP contribution in [0.4, 0.5) is 0 Å². The Morgan fingerprint density at radius 3 is 2.31 bits per heavy atom. The van der Waals surface area contributed by atoms with Gasteiger partial charge in [0.15, 0.2) is 0 Å². The summed E-state index contributed by atoms with van der Waals surface area (Å²) in [5.41, 5.74) is 4.68. The van der Waals surface area contributed by atoms with Gasteiger partial charge in [-0.25, -0.2) is 13.2 Å². The van der Waals surface area contributed by atoms with E-state index < -0.39 is 16.0 Å². The number of sulfonamides is 1. The molecule has 8 heteroatoms. The Morgan fingerprint density at radius 2 is 1.65 bits per heavy atom. The van der Waals surface area contributed by atoms with Gasteiger partial charge in [0.2, 0.25) is 15.9 Å². The zero-order chi connectivity index (χ0) is 36.8. The van der Waals surface area contributed by atoms with Crippen LogP contribution in [0.2, 0.25) is 0 Å². The summed E-state index contributed by atoms with van der Waals surface area (Å²) in [4.78, 5) is 24.9. The second-order valence-electron chi connectivity index (χ2n) is 19.1. The van der Waals surface area contributed by atoms with Gasteiger partial charge in [-0.15, -0.1) is 0 Å². The van der Waals surface area contributed by atoms with Gasteiger partial charge in [0, 0.05) is 13.1 Å². The lowest BCUT2D eigenvalue weighted by Gasteiger charge is -2.72. The van der Waals surface area contributed by atoms with E-state index >= 15 is 0 Å². The van der Waals surface area contributed by atoms with Crippen LogP contribution < -0.4 is 5.32 Å². The van der Waals surface area contributed by atoms with Gasteiger partial charge in [-0.1, -0.05) is 65.0 Å². The number of nitrogens with zero attached hydrogens (tertiary/aromatic N) is 1. The van der Waals surface area contributed by atoms with Crippen LogP contribution in [0.5, 0.6) is 0 Å². The normalized spacial score (nSPS) is 41.2. The van der Waals surface area contributed by atoms with Gasteiger partial charge in [0.25, 0.3) is 0 Å². The Kier molecular flexibility index (Phi) is 9.09. The molecule has 1 amide bonds. The second kappa shape index (κ2) is 12.6. The van der Waals surface area contributed by atoms with E-state index in [4.69, 9.17) is 0 Å². The van der Waals surface area contributed by atoms with E-state index in [1.165, 1.54) is 47.6 Å². The first kappa shape index (κ1) is 36.9. The molecule has 0 spiro atoms. The number of hydrogen-bond acceptors (Lipinski definition) is 4. The van der Waals surface area contributed by atoms with Crippen molar-refractivity contribution in [2.75, 3.05) is 25.4 Å². The van der Waals surface area contributed by atoms with Crippen LogP contribution in [0.25, 0.3) is 5.57 Å². The molecule has 1 heterocycles. The lowest BCUT2D eigenvalue weighted by atomic mass is 9.32. The molecule has 1 aliphatic heterocycles. The Labute approximate surface area is 307 Å². The third-order valence-corrected chi connectivity index (χ3v) is 18.6. The summed E-state index contributed by atoms with van der Waals surface area (Å²) < 4.78 is 26.7. The third-order valence-electron chi connectivity index (χ3n) is 16.7. The van der Waals surface area contributed by atoms with Gasteiger partial charge in [-0.3, -0.25) is 4.79 Å². The number of carbonyl (C=O) groups excluding carboxylic acids is 1. The van der Waals surface area contributed by atoms with Crippen LogP contribution in [-0.2, 0) is 14.8 Å². The predicted octanol–water partition coefficient (Wildman–Crippen LogP) is 8.58. The molecule has 6 aliphatic rings. The average molecular weight is 719 g/mol. The molecule has 9 unspecified atom stereocenters. The molecule has 7 nitrogen and oxygen atoms in total. The van der Waals surface area contributed by atoms with Crippen LogP contribution >= 0.6 is 0 Å². The molecule has 7 rings (SSSR count). The van der Waals surface area contributed by atoms with E-state index in [-0.39, 0.29) is 45.3 Å². The minimum Gasteiger partial charge on any atom is -0.478 e. The van der Waals surface area contributed by atoms with E-state index in [0.717, 1.165) is 37.7 Å². The smallest absolute Gasteiger partial charge is 0.335 e. The van der Waals surface area contributed by atoms with E-state index in [2.05, 4.69) is 59.5 Å². The highest BCUT2D eigenvalue weighted by molar-refractivity contribution is 7.89. The van der Waals surface area contributed by atoms with Gasteiger partial charge in [0.05, 0.1) is 17.9 Å². The molecule has 5 aliphatic carbocycles. The number of carbonyl (C=O) groups is 2. The summed E-state index contributed by atoms with van der Waals surface area (Å²) in [6.07, 6.45) is 14.4. The first-order valence-corrected chi connectivity index (χ1v) is 21.4. The molecule has 4 saturated carbocycles. The van der Waals surface area contributed by atoms with E-state index in [1.54, 1.807) is 12.1 Å². The molecule has 1 aromatic carbocycles. The number of aromatic carboxylic acids is 1. The van der Waals surface area contributed by atoms with Crippen molar-refractivity contribution < 1.29 is 23.1 Å². The van der Waals surface area contributed by atoms with Crippen molar-refractivity contribution >= 4 is 27.5 Å². The van der Waals surface area contributed by atoms with Crippen LogP contribution in [0.15, 0.2) is 42.5 Å². The van der Waals surface area contributed by atoms with Crippen molar-refractivity contribution in [1.29, 1.82) is 0 Å². The predicted molar refractivity (Wildman–Crippen MR) is 203 cm³/mol. The van der Waals surface area contributed by atoms with Gasteiger partial charge < -0.3 is 10.4 Å². The molecule has 1 saturated heterocycles. The summed E-state index contributed by atoms with van der Waals surface area (Å²) >= 11 is 0. The fraction of sp³-hybridized carbons (Fsp3) is 0.721. The molecule has 1 aromatic rings. The molecule has 280 valence electrons. The topological polar surface area (TPSA) is 104 Å². The Morgan fingerprint density at radius 1 is 0.922 bits per heavy atom. The largest absolute Gasteiger partial charge is 0.478 e. The molecule has 51 heavy (non-hydrogen) atoms. The van der Waals surface area contributed by atoms with Gasteiger partial charge in [-0.2, -0.15) is 4.31 Å². The molecule has 2 N–H and O–H groups in total. The first-order valence-electron chi connectivity index (χ1n) is 19.8. The van der Waals surface area contributed by atoms with Crippen molar-refractivity contribution in [3.8, 4) is 0 Å². The number of rotatable bonds is 7. The van der Waals surface area contributed by atoms with Crippen molar-refractivity contribution in [2.45, 2.75) is 112 Å². The van der Waals surface area contributed by atoms with Crippen molar-refractivity contribution in [1.82, 2.24) is 9.62 Å². The first-order chi connectivity index (χ1) is 23.9. The van der Waals surface area contributed by atoms with Crippen LogP contribution in [0.3, 0.4) is 0 Å². The lowest BCUT2D eigenvalue weighted by molar-refractivity contribution is -0.225. The van der Waals surface area contributed by atoms with E-state index in [9.17, 15) is 23.1 Å². The fourth-order valence-corrected chi connectivity index (χ4v) is 15.5. The number of nitrogens with one attached hydrogen (secondary N) is 1. The summed E-state index contributed by atoms with van der Waals surface area (Å²) in [6.45, 7) is 20.5. The number of carboxylic acid groups (broad SMARTS) is 1. The highest BCUT2D eigenvalue weighted by atomic mass is 32.2. The minimum atomic E-state index is -3.35. The SMILES string of the molecule is C=C(C)C1CCC2(CNC(=O)CN3CCCCS3(=O)=O)CCC3(C)C(CCC4C5(C)CC=C(c6ccc(C(=O)O)cc6)C(C)(C)C5CCC43C)C12. The molecule has 0 radical (unpaired) electrons. The molecular formula is C43H62N2O5S. The minimum absolute atomic E-state index is 0.0230. The zero-order valence-corrected chi connectivity index (χ0v) is 32.8. The van der Waals surface area contributed by atoms with Crippen molar-refractivity contribution in [3.05, 3.63) is 53.6 Å². The average Bonchev–Trinajstić information content (AvgIpc) is 3.45. The maximum absolute atomic E-state index is 13.3.